The molecule has 0 aliphatic heterocycles. The van der Waals surface area contributed by atoms with E-state index in [1.165, 1.54) is 12.0 Å². The summed E-state index contributed by atoms with van der Waals surface area (Å²) < 4.78 is 0. The third-order valence-electron chi connectivity index (χ3n) is 2.47. The number of rotatable bonds is 3. The molecule has 1 rings (SSSR count). The van der Waals surface area contributed by atoms with Gasteiger partial charge in [0.1, 0.15) is 0 Å². The predicted octanol–water partition coefficient (Wildman–Crippen LogP) is 4.65. The van der Waals surface area contributed by atoms with E-state index in [2.05, 4.69) is 58.0 Å². The predicted molar refractivity (Wildman–Crippen MR) is 65.7 cm³/mol. The van der Waals surface area contributed by atoms with Gasteiger partial charge in [0.2, 0.25) is 0 Å². The summed E-state index contributed by atoms with van der Waals surface area (Å²) in [4.78, 5) is 0. The third-order valence-corrected chi connectivity index (χ3v) is 2.47. The summed E-state index contributed by atoms with van der Waals surface area (Å²) >= 11 is 0. The lowest BCUT2D eigenvalue weighted by Crippen LogP contribution is -2.19. The lowest BCUT2D eigenvalue weighted by Gasteiger charge is -2.27. The van der Waals surface area contributed by atoms with Crippen LogP contribution < -0.4 is 0 Å². The van der Waals surface area contributed by atoms with Gasteiger partial charge in [-0.3, -0.25) is 0 Å². The Morgan fingerprint density at radius 3 is 2.00 bits per heavy atom. The quantitative estimate of drug-likeness (QED) is 0.654. The molecule has 0 radical (unpaired) electrons. The van der Waals surface area contributed by atoms with Crippen molar-refractivity contribution in [3.8, 4) is 0 Å². The summed E-state index contributed by atoms with van der Waals surface area (Å²) in [6.45, 7) is 9.21. The highest BCUT2D eigenvalue weighted by molar-refractivity contribution is 5.23. The molecule has 14 heavy (non-hydrogen) atoms. The molecule has 0 fully saturated rings. The van der Waals surface area contributed by atoms with Crippen molar-refractivity contribution in [3.63, 3.8) is 0 Å². The van der Waals surface area contributed by atoms with Crippen molar-refractivity contribution >= 4 is 0 Å². The molecular weight excluding hydrogens is 168 g/mol. The highest BCUT2D eigenvalue weighted by atomic mass is 14.3. The van der Waals surface area contributed by atoms with E-state index in [4.69, 9.17) is 0 Å². The van der Waals surface area contributed by atoms with Gasteiger partial charge < -0.3 is 0 Å². The lowest BCUT2D eigenvalue weighted by molar-refractivity contribution is 0.400. The number of benzene rings is 1. The maximum absolute atomic E-state index is 2.32. The van der Waals surface area contributed by atoms with Crippen molar-refractivity contribution in [2.75, 3.05) is 0 Å². The zero-order valence-corrected chi connectivity index (χ0v) is 9.17. The molecule has 0 spiro atoms. The van der Waals surface area contributed by atoms with Gasteiger partial charge in [-0.25, -0.2) is 0 Å². The first-order chi connectivity index (χ1) is 6.02. The van der Waals surface area contributed by atoms with Gasteiger partial charge in [0.25, 0.3) is 0 Å². The molecule has 0 aliphatic carbocycles. The molecule has 0 nitrogen and oxygen atoms in total. The molecule has 0 aliphatic rings. The van der Waals surface area contributed by atoms with Crippen LogP contribution >= 0.6 is 0 Å². The molecule has 0 heteroatoms. The molecule has 0 amide bonds. The highest BCUT2D eigenvalue weighted by Crippen LogP contribution is 2.29. The van der Waals surface area contributed by atoms with Crippen molar-refractivity contribution in [2.24, 2.45) is 5.92 Å². The Balaban J connectivity index is 0.00000169. The molecule has 0 aromatic heterocycles. The smallest absolute Gasteiger partial charge is 0.0101 e. The Hall–Kier alpha value is -0.780. The monoisotopic (exact) mass is 192 g/mol. The molecule has 1 aromatic rings. The second kappa shape index (κ2) is 5.19. The van der Waals surface area contributed by atoms with Gasteiger partial charge in [-0.05, 0) is 23.3 Å². The summed E-state index contributed by atoms with van der Waals surface area (Å²) in [6, 6.07) is 10.8. The summed E-state index contributed by atoms with van der Waals surface area (Å²) in [5.74, 6) is 0.759. The van der Waals surface area contributed by atoms with Gasteiger partial charge in [-0.2, -0.15) is 0 Å². The fraction of sp³-hybridized carbons (Fsp3) is 0.571. The molecule has 0 saturated heterocycles. The van der Waals surface area contributed by atoms with E-state index in [9.17, 15) is 0 Å². The first-order valence-electron chi connectivity index (χ1n) is 5.08. The van der Waals surface area contributed by atoms with Crippen LogP contribution in [0, 0.1) is 5.92 Å². The van der Waals surface area contributed by atoms with Crippen LogP contribution in [-0.2, 0) is 5.41 Å². The molecule has 0 bridgehead atoms. The van der Waals surface area contributed by atoms with E-state index in [0.29, 0.717) is 5.41 Å². The number of hydrogen-bond donors (Lipinski definition) is 0. The Labute approximate surface area is 89.4 Å². The first kappa shape index (κ1) is 13.2. The van der Waals surface area contributed by atoms with E-state index in [-0.39, 0.29) is 7.43 Å². The normalized spacial score (nSPS) is 11.2. The lowest BCUT2D eigenvalue weighted by atomic mass is 9.78. The van der Waals surface area contributed by atoms with Crippen LogP contribution in [0.25, 0.3) is 0 Å². The molecular formula is C14H24. The summed E-state index contributed by atoms with van der Waals surface area (Å²) in [5.41, 5.74) is 1.76. The van der Waals surface area contributed by atoms with E-state index >= 15 is 0 Å². The largest absolute Gasteiger partial charge is 0.0776 e. The molecule has 0 unspecified atom stereocenters. The van der Waals surface area contributed by atoms with E-state index in [0.717, 1.165) is 5.92 Å². The average molecular weight is 192 g/mol. The SMILES string of the molecule is C.CC(C)CC(C)(C)c1ccccc1. The zero-order chi connectivity index (χ0) is 9.90. The third kappa shape index (κ3) is 3.53. The molecule has 80 valence electrons. The number of hydrogen-bond acceptors (Lipinski definition) is 0. The van der Waals surface area contributed by atoms with Crippen LogP contribution in [0.1, 0.15) is 47.1 Å². The molecule has 1 aromatic carbocycles. The van der Waals surface area contributed by atoms with Crippen LogP contribution in [0.3, 0.4) is 0 Å². The minimum Gasteiger partial charge on any atom is -0.0776 e. The van der Waals surface area contributed by atoms with Gasteiger partial charge in [0, 0.05) is 0 Å². The first-order valence-corrected chi connectivity index (χ1v) is 5.08. The van der Waals surface area contributed by atoms with Crippen LogP contribution in [0.5, 0.6) is 0 Å². The van der Waals surface area contributed by atoms with Crippen molar-refractivity contribution in [3.05, 3.63) is 35.9 Å². The van der Waals surface area contributed by atoms with Crippen molar-refractivity contribution < 1.29 is 0 Å². The van der Waals surface area contributed by atoms with Crippen LogP contribution in [0.4, 0.5) is 0 Å². The minimum absolute atomic E-state index is 0. The van der Waals surface area contributed by atoms with Crippen molar-refractivity contribution in [1.29, 1.82) is 0 Å². The van der Waals surface area contributed by atoms with Gasteiger partial charge >= 0.3 is 0 Å². The maximum atomic E-state index is 2.32. The standard InChI is InChI=1S/C13H20.CH4/c1-11(2)10-13(3,4)12-8-6-5-7-9-12;/h5-9,11H,10H2,1-4H3;1H4. The van der Waals surface area contributed by atoms with Crippen LogP contribution in [0.2, 0.25) is 0 Å². The molecule has 0 N–H and O–H groups in total. The van der Waals surface area contributed by atoms with E-state index < -0.39 is 0 Å². The van der Waals surface area contributed by atoms with E-state index in [1.807, 2.05) is 0 Å². The minimum atomic E-state index is 0. The fourth-order valence-electron chi connectivity index (χ4n) is 2.03. The highest BCUT2D eigenvalue weighted by Gasteiger charge is 2.20. The second-order valence-electron chi connectivity index (χ2n) is 4.85. The van der Waals surface area contributed by atoms with Gasteiger partial charge in [0.15, 0.2) is 0 Å². The Morgan fingerprint density at radius 2 is 1.57 bits per heavy atom. The van der Waals surface area contributed by atoms with Crippen LogP contribution in [0.15, 0.2) is 30.3 Å². The Kier molecular flexibility index (Phi) is 4.90. The summed E-state index contributed by atoms with van der Waals surface area (Å²) in [5, 5.41) is 0. The molecule has 0 atom stereocenters. The fourth-order valence-corrected chi connectivity index (χ4v) is 2.03. The summed E-state index contributed by atoms with van der Waals surface area (Å²) in [6.07, 6.45) is 1.25. The van der Waals surface area contributed by atoms with Crippen molar-refractivity contribution in [1.82, 2.24) is 0 Å². The van der Waals surface area contributed by atoms with Crippen LogP contribution in [-0.4, -0.2) is 0 Å². The van der Waals surface area contributed by atoms with Gasteiger partial charge in [-0.1, -0.05) is 65.5 Å². The van der Waals surface area contributed by atoms with Gasteiger partial charge in [-0.15, -0.1) is 0 Å². The Bertz CT molecular complexity index is 244. The Morgan fingerprint density at radius 1 is 1.07 bits per heavy atom. The van der Waals surface area contributed by atoms with E-state index in [1.54, 1.807) is 0 Å². The molecule has 0 saturated carbocycles. The zero-order valence-electron chi connectivity index (χ0n) is 9.17. The summed E-state index contributed by atoms with van der Waals surface area (Å²) in [7, 11) is 0. The second-order valence-corrected chi connectivity index (χ2v) is 4.85. The topological polar surface area (TPSA) is 0 Å². The maximum Gasteiger partial charge on any atom is -0.0101 e. The van der Waals surface area contributed by atoms with Gasteiger partial charge in [0.05, 0.1) is 0 Å². The average Bonchev–Trinajstić information content (AvgIpc) is 2.04. The molecule has 0 heterocycles. The van der Waals surface area contributed by atoms with Crippen molar-refractivity contribution in [2.45, 2.75) is 47.0 Å².